The highest BCUT2D eigenvalue weighted by atomic mass is 32.1. The minimum absolute atomic E-state index is 0.246. The van der Waals surface area contributed by atoms with Crippen molar-refractivity contribution in [2.45, 2.75) is 12.7 Å². The minimum Gasteiger partial charge on any atom is -0.335 e. The van der Waals surface area contributed by atoms with Gasteiger partial charge in [-0.1, -0.05) is 24.3 Å². The average Bonchev–Trinajstić information content (AvgIpc) is 3.01. The second kappa shape index (κ2) is 7.29. The Labute approximate surface area is 152 Å². The number of halogens is 3. The number of para-hydroxylation sites is 1. The SMILES string of the molecule is CN(Cc1nc2ccccc2s1)C(=O)/C=C/c1ccc(C(F)(F)F)cc1. The molecule has 26 heavy (non-hydrogen) atoms. The predicted molar refractivity (Wildman–Crippen MR) is 96.6 cm³/mol. The molecule has 3 rings (SSSR count). The normalized spacial score (nSPS) is 12.0. The van der Waals surface area contributed by atoms with E-state index in [-0.39, 0.29) is 5.91 Å². The maximum atomic E-state index is 12.5. The van der Waals surface area contributed by atoms with Crippen LogP contribution in [0.4, 0.5) is 13.2 Å². The molecular formula is C19H15F3N2OS. The fourth-order valence-electron chi connectivity index (χ4n) is 2.35. The fraction of sp³-hybridized carbons (Fsp3) is 0.158. The highest BCUT2D eigenvalue weighted by molar-refractivity contribution is 7.18. The van der Waals surface area contributed by atoms with Crippen LogP contribution in [0.5, 0.6) is 0 Å². The second-order valence-electron chi connectivity index (χ2n) is 5.72. The Morgan fingerprint density at radius 2 is 1.85 bits per heavy atom. The highest BCUT2D eigenvalue weighted by Gasteiger charge is 2.29. The monoisotopic (exact) mass is 376 g/mol. The zero-order chi connectivity index (χ0) is 18.7. The van der Waals surface area contributed by atoms with Gasteiger partial charge in [0.2, 0.25) is 5.91 Å². The van der Waals surface area contributed by atoms with E-state index in [1.165, 1.54) is 40.5 Å². The molecule has 0 bridgehead atoms. The average molecular weight is 376 g/mol. The van der Waals surface area contributed by atoms with Gasteiger partial charge in [-0.15, -0.1) is 11.3 Å². The zero-order valence-corrected chi connectivity index (χ0v) is 14.6. The number of carbonyl (C=O) groups excluding carboxylic acids is 1. The number of hydrogen-bond donors (Lipinski definition) is 0. The first-order valence-corrected chi connectivity index (χ1v) is 8.59. The molecule has 1 aromatic heterocycles. The number of nitrogens with zero attached hydrogens (tertiary/aromatic N) is 2. The number of benzene rings is 2. The van der Waals surface area contributed by atoms with E-state index >= 15 is 0 Å². The van der Waals surface area contributed by atoms with E-state index < -0.39 is 11.7 Å². The predicted octanol–water partition coefficient (Wildman–Crippen LogP) is 4.99. The largest absolute Gasteiger partial charge is 0.416 e. The Hall–Kier alpha value is -2.67. The summed E-state index contributed by atoms with van der Waals surface area (Å²) in [6.45, 7) is 0.371. The Balaban J connectivity index is 1.64. The van der Waals surface area contributed by atoms with Crippen molar-refractivity contribution in [1.29, 1.82) is 0 Å². The summed E-state index contributed by atoms with van der Waals surface area (Å²) in [5, 5.41) is 0.824. The molecule has 0 radical (unpaired) electrons. The number of thiazole rings is 1. The van der Waals surface area contributed by atoms with Gasteiger partial charge in [0.05, 0.1) is 22.3 Å². The summed E-state index contributed by atoms with van der Waals surface area (Å²) in [5.74, 6) is -0.246. The van der Waals surface area contributed by atoms with E-state index in [0.29, 0.717) is 12.1 Å². The molecule has 3 nitrogen and oxygen atoms in total. The smallest absolute Gasteiger partial charge is 0.335 e. The van der Waals surface area contributed by atoms with Crippen molar-refractivity contribution in [3.8, 4) is 0 Å². The number of hydrogen-bond acceptors (Lipinski definition) is 3. The lowest BCUT2D eigenvalue weighted by molar-refractivity contribution is -0.137. The maximum absolute atomic E-state index is 12.5. The molecule has 1 heterocycles. The van der Waals surface area contributed by atoms with Gasteiger partial charge in [0.15, 0.2) is 0 Å². The number of aromatic nitrogens is 1. The van der Waals surface area contributed by atoms with Crippen molar-refractivity contribution in [3.05, 3.63) is 70.7 Å². The number of carbonyl (C=O) groups is 1. The van der Waals surface area contributed by atoms with Gasteiger partial charge >= 0.3 is 6.18 Å². The van der Waals surface area contributed by atoms with Crippen LogP contribution in [-0.4, -0.2) is 22.8 Å². The van der Waals surface area contributed by atoms with Crippen LogP contribution >= 0.6 is 11.3 Å². The molecule has 0 atom stereocenters. The van der Waals surface area contributed by atoms with Crippen molar-refractivity contribution in [2.75, 3.05) is 7.05 Å². The van der Waals surface area contributed by atoms with Crippen LogP contribution in [0.2, 0.25) is 0 Å². The summed E-state index contributed by atoms with van der Waals surface area (Å²) in [6, 6.07) is 12.4. The third-order valence-electron chi connectivity index (χ3n) is 3.74. The van der Waals surface area contributed by atoms with Gasteiger partial charge in [0.25, 0.3) is 0 Å². The second-order valence-corrected chi connectivity index (χ2v) is 6.84. The summed E-state index contributed by atoms with van der Waals surface area (Å²) in [7, 11) is 1.66. The van der Waals surface area contributed by atoms with E-state index in [4.69, 9.17) is 0 Å². The lowest BCUT2D eigenvalue weighted by Gasteiger charge is -2.12. The molecule has 1 amide bonds. The van der Waals surface area contributed by atoms with Gasteiger partial charge in [0.1, 0.15) is 5.01 Å². The van der Waals surface area contributed by atoms with Crippen molar-refractivity contribution in [2.24, 2.45) is 0 Å². The summed E-state index contributed by atoms with van der Waals surface area (Å²) in [5.41, 5.74) is 0.710. The van der Waals surface area contributed by atoms with Crippen molar-refractivity contribution >= 4 is 33.5 Å². The van der Waals surface area contributed by atoms with Gasteiger partial charge in [-0.25, -0.2) is 4.98 Å². The molecule has 0 aliphatic rings. The van der Waals surface area contributed by atoms with Crippen LogP contribution in [0.25, 0.3) is 16.3 Å². The van der Waals surface area contributed by atoms with Crippen LogP contribution in [-0.2, 0) is 17.5 Å². The summed E-state index contributed by atoms with van der Waals surface area (Å²) in [4.78, 5) is 18.2. The Kier molecular flexibility index (Phi) is 5.08. The summed E-state index contributed by atoms with van der Waals surface area (Å²) < 4.78 is 38.7. The first kappa shape index (κ1) is 18.1. The van der Waals surface area contributed by atoms with Crippen LogP contribution in [0.1, 0.15) is 16.1 Å². The van der Waals surface area contributed by atoms with E-state index in [1.807, 2.05) is 24.3 Å². The standard InChI is InChI=1S/C19H15F3N2OS/c1-24(12-17-23-15-4-2-3-5-16(15)26-17)18(25)11-8-13-6-9-14(10-7-13)19(20,21)22/h2-11H,12H2,1H3/b11-8+. The van der Waals surface area contributed by atoms with Crippen LogP contribution in [0.3, 0.4) is 0 Å². The molecule has 0 saturated heterocycles. The number of fused-ring (bicyclic) bond motifs is 1. The van der Waals surface area contributed by atoms with Gasteiger partial charge in [-0.3, -0.25) is 4.79 Å². The Morgan fingerprint density at radius 1 is 1.15 bits per heavy atom. The maximum Gasteiger partial charge on any atom is 0.416 e. The third-order valence-corrected chi connectivity index (χ3v) is 4.76. The topological polar surface area (TPSA) is 33.2 Å². The summed E-state index contributed by atoms with van der Waals surface area (Å²) in [6.07, 6.45) is -1.53. The molecule has 0 spiro atoms. The summed E-state index contributed by atoms with van der Waals surface area (Å²) >= 11 is 1.53. The van der Waals surface area contributed by atoms with Crippen LogP contribution in [0.15, 0.2) is 54.6 Å². The lowest BCUT2D eigenvalue weighted by Crippen LogP contribution is -2.23. The number of rotatable bonds is 4. The van der Waals surface area contributed by atoms with E-state index in [2.05, 4.69) is 4.98 Å². The van der Waals surface area contributed by atoms with Crippen molar-refractivity contribution < 1.29 is 18.0 Å². The third kappa shape index (κ3) is 4.29. The van der Waals surface area contributed by atoms with E-state index in [1.54, 1.807) is 7.05 Å². The molecule has 0 aliphatic heterocycles. The lowest BCUT2D eigenvalue weighted by atomic mass is 10.1. The Bertz CT molecular complexity index is 912. The molecule has 134 valence electrons. The number of likely N-dealkylation sites (N-methyl/N-ethyl adjacent to an activating group) is 1. The first-order valence-electron chi connectivity index (χ1n) is 7.78. The van der Waals surface area contributed by atoms with Gasteiger partial charge in [-0.2, -0.15) is 13.2 Å². The van der Waals surface area contributed by atoms with E-state index in [0.717, 1.165) is 27.4 Å². The number of amides is 1. The molecular weight excluding hydrogens is 361 g/mol. The number of alkyl halides is 3. The highest BCUT2D eigenvalue weighted by Crippen LogP contribution is 2.29. The molecule has 0 saturated carbocycles. The fourth-order valence-corrected chi connectivity index (χ4v) is 3.37. The molecule has 0 unspecified atom stereocenters. The molecule has 7 heteroatoms. The molecule has 3 aromatic rings. The van der Waals surface area contributed by atoms with E-state index in [9.17, 15) is 18.0 Å². The van der Waals surface area contributed by atoms with Gasteiger partial charge in [-0.05, 0) is 35.9 Å². The van der Waals surface area contributed by atoms with Crippen molar-refractivity contribution in [1.82, 2.24) is 9.88 Å². The minimum atomic E-state index is -4.37. The molecule has 0 aliphatic carbocycles. The van der Waals surface area contributed by atoms with Crippen molar-refractivity contribution in [3.63, 3.8) is 0 Å². The van der Waals surface area contributed by atoms with Crippen LogP contribution in [0, 0.1) is 0 Å². The van der Waals surface area contributed by atoms with Gasteiger partial charge in [0, 0.05) is 13.1 Å². The zero-order valence-electron chi connectivity index (χ0n) is 13.8. The first-order chi connectivity index (χ1) is 12.3. The molecule has 0 fully saturated rings. The Morgan fingerprint density at radius 3 is 2.50 bits per heavy atom. The molecule has 0 N–H and O–H groups in total. The quantitative estimate of drug-likeness (QED) is 0.601. The van der Waals surface area contributed by atoms with Gasteiger partial charge < -0.3 is 4.90 Å². The van der Waals surface area contributed by atoms with Crippen LogP contribution < -0.4 is 0 Å². The molecule has 2 aromatic carbocycles.